The van der Waals surface area contributed by atoms with Crippen molar-refractivity contribution in [1.82, 2.24) is 10.9 Å². The number of ether oxygens (including phenoxy) is 1. The molecule has 0 unspecified atom stereocenters. The summed E-state index contributed by atoms with van der Waals surface area (Å²) in [6.07, 6.45) is 1.25. The van der Waals surface area contributed by atoms with Gasteiger partial charge in [-0.3, -0.25) is 25.2 Å². The molecule has 0 atom stereocenters. The average molecular weight is 397 g/mol. The van der Waals surface area contributed by atoms with E-state index in [1.165, 1.54) is 0 Å². The first kappa shape index (κ1) is 21.9. The van der Waals surface area contributed by atoms with Gasteiger partial charge in [0.1, 0.15) is 5.75 Å². The van der Waals surface area contributed by atoms with Gasteiger partial charge in [0, 0.05) is 17.7 Å². The van der Waals surface area contributed by atoms with Crippen LogP contribution in [0.4, 0.5) is 5.69 Å². The molecular formula is C22H27N3O4. The van der Waals surface area contributed by atoms with Crippen molar-refractivity contribution in [2.24, 2.45) is 5.92 Å². The number of hydrazine groups is 1. The summed E-state index contributed by atoms with van der Waals surface area (Å²) in [7, 11) is 0. The van der Waals surface area contributed by atoms with E-state index in [4.69, 9.17) is 4.74 Å². The Hall–Kier alpha value is -3.35. The first-order chi connectivity index (χ1) is 13.9. The lowest BCUT2D eigenvalue weighted by molar-refractivity contribution is -0.116. The first-order valence-corrected chi connectivity index (χ1v) is 9.63. The van der Waals surface area contributed by atoms with E-state index >= 15 is 0 Å². The lowest BCUT2D eigenvalue weighted by atomic mass is 10.1. The summed E-state index contributed by atoms with van der Waals surface area (Å²) in [5.74, 6) is -0.287. The van der Waals surface area contributed by atoms with Gasteiger partial charge in [0.05, 0.1) is 12.2 Å². The van der Waals surface area contributed by atoms with E-state index in [0.717, 1.165) is 6.42 Å². The highest BCUT2D eigenvalue weighted by atomic mass is 16.5. The summed E-state index contributed by atoms with van der Waals surface area (Å²) < 4.78 is 5.56. The predicted octanol–water partition coefficient (Wildman–Crippen LogP) is 3.53. The zero-order valence-corrected chi connectivity index (χ0v) is 17.0. The molecule has 0 aromatic heterocycles. The van der Waals surface area contributed by atoms with Crippen molar-refractivity contribution < 1.29 is 19.1 Å². The zero-order chi connectivity index (χ0) is 21.2. The van der Waals surface area contributed by atoms with Gasteiger partial charge in [-0.05, 0) is 48.7 Å². The van der Waals surface area contributed by atoms with Crippen LogP contribution in [0.1, 0.15) is 54.3 Å². The van der Waals surface area contributed by atoms with Crippen LogP contribution in [0.2, 0.25) is 0 Å². The number of hydrogen-bond acceptors (Lipinski definition) is 4. The number of hydrogen-bond donors (Lipinski definition) is 3. The van der Waals surface area contributed by atoms with Gasteiger partial charge in [-0.1, -0.05) is 32.9 Å². The molecule has 0 spiro atoms. The summed E-state index contributed by atoms with van der Waals surface area (Å²) in [5.41, 5.74) is 6.08. The van der Waals surface area contributed by atoms with Crippen LogP contribution in [0.15, 0.2) is 48.5 Å². The number of amides is 3. The molecule has 0 aliphatic heterocycles. The Bertz CT molecular complexity index is 847. The molecule has 3 N–H and O–H groups in total. The average Bonchev–Trinajstić information content (AvgIpc) is 2.70. The van der Waals surface area contributed by atoms with Gasteiger partial charge < -0.3 is 10.1 Å². The van der Waals surface area contributed by atoms with Crippen LogP contribution in [-0.4, -0.2) is 24.3 Å². The van der Waals surface area contributed by atoms with Crippen LogP contribution in [0.5, 0.6) is 5.75 Å². The fraction of sp³-hybridized carbons (Fsp3) is 0.318. The van der Waals surface area contributed by atoms with Gasteiger partial charge in [0.25, 0.3) is 11.8 Å². The predicted molar refractivity (Wildman–Crippen MR) is 112 cm³/mol. The second-order valence-electron chi connectivity index (χ2n) is 6.98. The number of anilines is 1. The summed E-state index contributed by atoms with van der Waals surface area (Å²) in [4.78, 5) is 36.4. The fourth-order valence-electron chi connectivity index (χ4n) is 2.53. The van der Waals surface area contributed by atoms with Gasteiger partial charge in [-0.25, -0.2) is 0 Å². The number of nitrogens with one attached hydrogen (secondary N) is 3. The molecule has 0 fully saturated rings. The molecule has 0 saturated heterocycles. The molecule has 154 valence electrons. The molecule has 2 rings (SSSR count). The van der Waals surface area contributed by atoms with Crippen LogP contribution in [0.3, 0.4) is 0 Å². The highest BCUT2D eigenvalue weighted by Gasteiger charge is 2.14. The third kappa shape index (κ3) is 6.95. The molecule has 0 aliphatic carbocycles. The number of benzene rings is 2. The molecule has 29 heavy (non-hydrogen) atoms. The van der Waals surface area contributed by atoms with Crippen molar-refractivity contribution in [3.05, 3.63) is 59.7 Å². The van der Waals surface area contributed by atoms with Crippen molar-refractivity contribution >= 4 is 23.4 Å². The number of carbonyl (C=O) groups is 3. The maximum absolute atomic E-state index is 12.4. The number of rotatable bonds is 8. The van der Waals surface area contributed by atoms with Crippen molar-refractivity contribution in [3.63, 3.8) is 0 Å². The standard InChI is InChI=1S/C22H27N3O4/c1-4-13-29-19-8-6-5-7-18(19)22(28)25-24-21(27)16-9-11-17(12-10-16)23-20(26)14-15(2)3/h5-12,15H,4,13-14H2,1-3H3,(H,23,26)(H,24,27)(H,25,28). The Morgan fingerprint density at radius 1 is 0.931 bits per heavy atom. The third-order valence-electron chi connectivity index (χ3n) is 3.91. The van der Waals surface area contributed by atoms with Gasteiger partial charge in [0.15, 0.2) is 0 Å². The Morgan fingerprint density at radius 3 is 2.24 bits per heavy atom. The topological polar surface area (TPSA) is 96.5 Å². The van der Waals surface area contributed by atoms with Gasteiger partial charge in [-0.2, -0.15) is 0 Å². The van der Waals surface area contributed by atoms with E-state index in [2.05, 4.69) is 16.2 Å². The first-order valence-electron chi connectivity index (χ1n) is 9.63. The van der Waals surface area contributed by atoms with E-state index in [9.17, 15) is 14.4 Å². The van der Waals surface area contributed by atoms with Crippen molar-refractivity contribution in [1.29, 1.82) is 0 Å². The maximum atomic E-state index is 12.4. The van der Waals surface area contributed by atoms with E-state index in [0.29, 0.717) is 35.6 Å². The van der Waals surface area contributed by atoms with E-state index < -0.39 is 11.8 Å². The van der Waals surface area contributed by atoms with E-state index in [-0.39, 0.29) is 11.8 Å². The van der Waals surface area contributed by atoms with Crippen LogP contribution < -0.4 is 20.9 Å². The summed E-state index contributed by atoms with van der Waals surface area (Å²) in [5, 5.41) is 2.78. The molecule has 0 heterocycles. The van der Waals surface area contributed by atoms with Crippen LogP contribution in [0, 0.1) is 5.92 Å². The molecule has 0 radical (unpaired) electrons. The Labute approximate surface area is 170 Å². The smallest absolute Gasteiger partial charge is 0.273 e. The monoisotopic (exact) mass is 397 g/mol. The van der Waals surface area contributed by atoms with Crippen LogP contribution in [-0.2, 0) is 4.79 Å². The Kier molecular flexibility index (Phi) is 8.21. The lowest BCUT2D eigenvalue weighted by Gasteiger charge is -2.12. The fourth-order valence-corrected chi connectivity index (χ4v) is 2.53. The van der Waals surface area contributed by atoms with Gasteiger partial charge in [0.2, 0.25) is 5.91 Å². The minimum atomic E-state index is -0.470. The normalized spacial score (nSPS) is 10.3. The summed E-state index contributed by atoms with van der Waals surface area (Å²) >= 11 is 0. The summed E-state index contributed by atoms with van der Waals surface area (Å²) in [6, 6.07) is 13.3. The third-order valence-corrected chi connectivity index (χ3v) is 3.91. The Balaban J connectivity index is 1.92. The van der Waals surface area contributed by atoms with Crippen molar-refractivity contribution in [2.45, 2.75) is 33.6 Å². The van der Waals surface area contributed by atoms with Gasteiger partial charge in [-0.15, -0.1) is 0 Å². The second-order valence-corrected chi connectivity index (χ2v) is 6.98. The van der Waals surface area contributed by atoms with Crippen molar-refractivity contribution in [2.75, 3.05) is 11.9 Å². The molecule has 3 amide bonds. The van der Waals surface area contributed by atoms with E-state index in [1.54, 1.807) is 48.5 Å². The largest absolute Gasteiger partial charge is 0.493 e. The number of para-hydroxylation sites is 1. The zero-order valence-electron chi connectivity index (χ0n) is 17.0. The van der Waals surface area contributed by atoms with Crippen LogP contribution >= 0.6 is 0 Å². The van der Waals surface area contributed by atoms with E-state index in [1.807, 2.05) is 20.8 Å². The molecule has 2 aromatic carbocycles. The Morgan fingerprint density at radius 2 is 1.59 bits per heavy atom. The highest BCUT2D eigenvalue weighted by molar-refractivity contribution is 6.00. The molecule has 2 aromatic rings. The molecule has 0 aliphatic rings. The van der Waals surface area contributed by atoms with Crippen molar-refractivity contribution in [3.8, 4) is 5.75 Å². The quantitative estimate of drug-likeness (QED) is 0.594. The molecule has 7 heteroatoms. The number of carbonyl (C=O) groups excluding carboxylic acids is 3. The molecular weight excluding hydrogens is 370 g/mol. The minimum absolute atomic E-state index is 0.0755. The molecule has 7 nitrogen and oxygen atoms in total. The second kappa shape index (κ2) is 10.8. The maximum Gasteiger partial charge on any atom is 0.273 e. The summed E-state index contributed by atoms with van der Waals surface area (Å²) in [6.45, 7) is 6.41. The highest BCUT2D eigenvalue weighted by Crippen LogP contribution is 2.18. The molecule has 0 bridgehead atoms. The lowest BCUT2D eigenvalue weighted by Crippen LogP contribution is -2.41. The minimum Gasteiger partial charge on any atom is -0.493 e. The molecule has 0 saturated carbocycles. The van der Waals surface area contributed by atoms with Gasteiger partial charge >= 0.3 is 0 Å². The SMILES string of the molecule is CCCOc1ccccc1C(=O)NNC(=O)c1ccc(NC(=O)CC(C)C)cc1. The van der Waals surface area contributed by atoms with Crippen LogP contribution in [0.25, 0.3) is 0 Å².